The number of rotatable bonds is 7. The molecule has 134 valence electrons. The van der Waals surface area contributed by atoms with Gasteiger partial charge in [0.25, 0.3) is 11.8 Å². The van der Waals surface area contributed by atoms with Gasteiger partial charge in [0, 0.05) is 11.6 Å². The van der Waals surface area contributed by atoms with Crippen molar-refractivity contribution in [2.45, 2.75) is 0 Å². The third-order valence-corrected chi connectivity index (χ3v) is 3.06. The number of para-hydroxylation sites is 2. The van der Waals surface area contributed by atoms with Gasteiger partial charge in [-0.3, -0.25) is 25.0 Å². The Bertz CT molecular complexity index is 821. The van der Waals surface area contributed by atoms with Crippen LogP contribution < -0.4 is 10.1 Å². The van der Waals surface area contributed by atoms with Gasteiger partial charge in [-0.25, -0.2) is 4.79 Å². The molecule has 0 radical (unpaired) electrons. The quantitative estimate of drug-likeness (QED) is 0.451. The van der Waals surface area contributed by atoms with E-state index in [1.165, 1.54) is 36.4 Å². The molecular weight excluding hydrogens is 344 g/mol. The maximum Gasteiger partial charge on any atom is 0.344 e. The maximum absolute atomic E-state index is 11.8. The van der Waals surface area contributed by atoms with Crippen LogP contribution in [0.2, 0.25) is 0 Å². The van der Waals surface area contributed by atoms with E-state index in [9.17, 15) is 24.5 Å². The molecule has 0 unspecified atom stereocenters. The van der Waals surface area contributed by atoms with E-state index < -0.39 is 35.9 Å². The van der Waals surface area contributed by atoms with Crippen LogP contribution >= 0.6 is 0 Å². The highest BCUT2D eigenvalue weighted by Crippen LogP contribution is 2.25. The number of amides is 2. The number of carbonyl (C=O) groups is 3. The van der Waals surface area contributed by atoms with E-state index in [1.807, 2.05) is 0 Å². The zero-order chi connectivity index (χ0) is 18.9. The van der Waals surface area contributed by atoms with Gasteiger partial charge in [0.15, 0.2) is 19.0 Å². The molecule has 9 nitrogen and oxygen atoms in total. The van der Waals surface area contributed by atoms with Crippen molar-refractivity contribution in [1.82, 2.24) is 5.32 Å². The van der Waals surface area contributed by atoms with Crippen LogP contribution in [0.5, 0.6) is 5.75 Å². The van der Waals surface area contributed by atoms with Crippen LogP contribution in [0.4, 0.5) is 5.69 Å². The fourth-order valence-electron chi connectivity index (χ4n) is 1.88. The Labute approximate surface area is 147 Å². The van der Waals surface area contributed by atoms with E-state index in [0.717, 1.165) is 0 Å². The molecule has 0 saturated carbocycles. The second kappa shape index (κ2) is 8.92. The number of nitrogens with zero attached hydrogens (tertiary/aromatic N) is 1. The standard InChI is InChI=1S/C17H14N2O7/c20-15(18-17(22)12-6-2-1-3-7-12)10-26-16(21)11-25-14-9-5-4-8-13(14)19(23)24/h1-9H,10-11H2,(H,18,20,22). The molecule has 26 heavy (non-hydrogen) atoms. The minimum absolute atomic E-state index is 0.0989. The van der Waals surface area contributed by atoms with Gasteiger partial charge in [0.1, 0.15) is 0 Å². The number of nitrogens with one attached hydrogen (secondary N) is 1. The molecule has 0 aliphatic carbocycles. The van der Waals surface area contributed by atoms with Crippen molar-refractivity contribution in [3.05, 3.63) is 70.3 Å². The lowest BCUT2D eigenvalue weighted by Crippen LogP contribution is -2.34. The summed E-state index contributed by atoms with van der Waals surface area (Å²) in [6.45, 7) is -1.30. The summed E-state index contributed by atoms with van der Waals surface area (Å²) in [6.07, 6.45) is 0. The average Bonchev–Trinajstić information content (AvgIpc) is 2.65. The van der Waals surface area contributed by atoms with Gasteiger partial charge >= 0.3 is 11.7 Å². The highest BCUT2D eigenvalue weighted by molar-refractivity contribution is 6.05. The molecule has 2 amide bonds. The van der Waals surface area contributed by atoms with Gasteiger partial charge in [0.2, 0.25) is 0 Å². The molecule has 0 aliphatic heterocycles. The number of ether oxygens (including phenoxy) is 2. The molecule has 0 fully saturated rings. The number of imide groups is 1. The number of esters is 1. The Morgan fingerprint density at radius 3 is 2.31 bits per heavy atom. The Morgan fingerprint density at radius 1 is 0.962 bits per heavy atom. The summed E-state index contributed by atoms with van der Waals surface area (Å²) >= 11 is 0. The Kier molecular flexibility index (Phi) is 6.38. The molecule has 0 aromatic heterocycles. The van der Waals surface area contributed by atoms with Crippen LogP contribution in [-0.2, 0) is 14.3 Å². The van der Waals surface area contributed by atoms with Gasteiger partial charge in [-0.05, 0) is 18.2 Å². The van der Waals surface area contributed by atoms with Crippen molar-refractivity contribution < 1.29 is 28.8 Å². The summed E-state index contributed by atoms with van der Waals surface area (Å²) in [4.78, 5) is 45.1. The van der Waals surface area contributed by atoms with Gasteiger partial charge in [0.05, 0.1) is 4.92 Å². The van der Waals surface area contributed by atoms with Crippen molar-refractivity contribution in [3.8, 4) is 5.75 Å². The van der Waals surface area contributed by atoms with Gasteiger partial charge in [-0.1, -0.05) is 30.3 Å². The summed E-state index contributed by atoms with van der Waals surface area (Å²) in [7, 11) is 0. The van der Waals surface area contributed by atoms with Gasteiger partial charge in [-0.15, -0.1) is 0 Å². The topological polar surface area (TPSA) is 125 Å². The zero-order valence-electron chi connectivity index (χ0n) is 13.4. The minimum atomic E-state index is -0.912. The van der Waals surface area contributed by atoms with Crippen molar-refractivity contribution in [1.29, 1.82) is 0 Å². The summed E-state index contributed by atoms with van der Waals surface area (Å²) in [5, 5.41) is 12.9. The lowest BCUT2D eigenvalue weighted by atomic mass is 10.2. The highest BCUT2D eigenvalue weighted by atomic mass is 16.6. The molecule has 0 bridgehead atoms. The highest BCUT2D eigenvalue weighted by Gasteiger charge is 2.16. The normalized spacial score (nSPS) is 9.85. The van der Waals surface area contributed by atoms with E-state index in [0.29, 0.717) is 0 Å². The van der Waals surface area contributed by atoms with Crippen LogP contribution in [0, 0.1) is 10.1 Å². The van der Waals surface area contributed by atoms with Crippen molar-refractivity contribution in [2.75, 3.05) is 13.2 Å². The monoisotopic (exact) mass is 358 g/mol. The third kappa shape index (κ3) is 5.41. The summed E-state index contributed by atoms with van der Waals surface area (Å²) in [6, 6.07) is 13.6. The molecule has 2 aromatic rings. The van der Waals surface area contributed by atoms with E-state index in [2.05, 4.69) is 10.1 Å². The minimum Gasteiger partial charge on any atom is -0.475 e. The van der Waals surface area contributed by atoms with Gasteiger partial charge < -0.3 is 9.47 Å². The molecule has 0 atom stereocenters. The van der Waals surface area contributed by atoms with E-state index in [1.54, 1.807) is 18.2 Å². The largest absolute Gasteiger partial charge is 0.475 e. The Hall–Kier alpha value is -3.75. The van der Waals surface area contributed by atoms with Crippen LogP contribution in [0.3, 0.4) is 0 Å². The number of nitro benzene ring substituents is 1. The first kappa shape index (κ1) is 18.6. The Balaban J connectivity index is 1.77. The van der Waals surface area contributed by atoms with Crippen LogP contribution in [0.25, 0.3) is 0 Å². The second-order valence-electron chi connectivity index (χ2n) is 4.92. The molecule has 2 rings (SSSR count). The first-order valence-electron chi connectivity index (χ1n) is 7.38. The lowest BCUT2D eigenvalue weighted by molar-refractivity contribution is -0.385. The molecule has 0 saturated heterocycles. The van der Waals surface area contributed by atoms with Gasteiger partial charge in [-0.2, -0.15) is 0 Å². The molecule has 0 spiro atoms. The summed E-state index contributed by atoms with van der Waals surface area (Å²) in [5.74, 6) is -2.44. The third-order valence-electron chi connectivity index (χ3n) is 3.06. The number of nitro groups is 1. The SMILES string of the molecule is O=C(COC(=O)COc1ccccc1[N+](=O)[O-])NC(=O)c1ccccc1. The zero-order valence-corrected chi connectivity index (χ0v) is 13.4. The van der Waals surface area contributed by atoms with Crippen molar-refractivity contribution in [3.63, 3.8) is 0 Å². The number of hydrogen-bond donors (Lipinski definition) is 1. The number of carbonyl (C=O) groups excluding carboxylic acids is 3. The summed E-state index contributed by atoms with van der Waals surface area (Å²) in [5.41, 5.74) is -0.0154. The smallest absolute Gasteiger partial charge is 0.344 e. The van der Waals surface area contributed by atoms with Crippen LogP contribution in [0.1, 0.15) is 10.4 Å². The Morgan fingerprint density at radius 2 is 1.62 bits per heavy atom. The average molecular weight is 358 g/mol. The molecule has 9 heteroatoms. The summed E-state index contributed by atoms with van der Waals surface area (Å²) < 4.78 is 9.69. The number of hydrogen-bond acceptors (Lipinski definition) is 7. The maximum atomic E-state index is 11.8. The van der Waals surface area contributed by atoms with Crippen LogP contribution in [-0.4, -0.2) is 35.9 Å². The predicted octanol–water partition coefficient (Wildman–Crippen LogP) is 1.47. The van der Waals surface area contributed by atoms with Crippen molar-refractivity contribution >= 4 is 23.5 Å². The number of benzene rings is 2. The van der Waals surface area contributed by atoms with Crippen molar-refractivity contribution in [2.24, 2.45) is 0 Å². The fraction of sp³-hybridized carbons (Fsp3) is 0.118. The second-order valence-corrected chi connectivity index (χ2v) is 4.92. The van der Waals surface area contributed by atoms with Crippen LogP contribution in [0.15, 0.2) is 54.6 Å². The molecule has 2 aromatic carbocycles. The molecule has 1 N–H and O–H groups in total. The van der Waals surface area contributed by atoms with E-state index in [-0.39, 0.29) is 17.0 Å². The van der Waals surface area contributed by atoms with E-state index >= 15 is 0 Å². The van der Waals surface area contributed by atoms with E-state index in [4.69, 9.17) is 4.74 Å². The first-order chi connectivity index (χ1) is 12.5. The predicted molar refractivity (Wildman–Crippen MR) is 88.5 cm³/mol. The molecule has 0 aliphatic rings. The molecule has 0 heterocycles. The first-order valence-corrected chi connectivity index (χ1v) is 7.38. The fourth-order valence-corrected chi connectivity index (χ4v) is 1.88. The lowest BCUT2D eigenvalue weighted by Gasteiger charge is -2.07. The molecular formula is C17H14N2O7.